The number of fused-ring (bicyclic) bond motifs is 1. The first kappa shape index (κ1) is 19.7. The molecule has 0 spiro atoms. The Bertz CT molecular complexity index is 986. The molecule has 0 saturated heterocycles. The average molecular weight is 384 g/mol. The van der Waals surface area contributed by atoms with Crippen LogP contribution in [0.5, 0.6) is 17.2 Å². The second-order valence-corrected chi connectivity index (χ2v) is 6.36. The normalized spacial score (nSPS) is 12.0. The van der Waals surface area contributed by atoms with Crippen LogP contribution < -0.4 is 25.1 Å². The summed E-state index contributed by atoms with van der Waals surface area (Å²) >= 11 is 0. The van der Waals surface area contributed by atoms with Crippen LogP contribution in [0.3, 0.4) is 0 Å². The number of aromatic amines is 1. The SMILES string of the molecule is COc1ccc(CNC[C@@H](O)COc2ccc3[nH]c(=O)ccc3c2)cc1OC. The van der Waals surface area contributed by atoms with Gasteiger partial charge < -0.3 is 29.6 Å². The fourth-order valence-electron chi connectivity index (χ4n) is 2.85. The smallest absolute Gasteiger partial charge is 0.248 e. The van der Waals surface area contributed by atoms with Crippen molar-refractivity contribution >= 4 is 10.9 Å². The predicted molar refractivity (Wildman–Crippen MR) is 107 cm³/mol. The molecule has 0 amide bonds. The molecule has 3 rings (SSSR count). The Morgan fingerprint density at radius 2 is 1.86 bits per heavy atom. The van der Waals surface area contributed by atoms with Gasteiger partial charge in [-0.2, -0.15) is 0 Å². The number of methoxy groups -OCH3 is 2. The van der Waals surface area contributed by atoms with E-state index in [0.717, 1.165) is 16.5 Å². The standard InChI is InChI=1S/C21H24N2O5/c1-26-19-7-3-14(9-20(19)27-2)11-22-12-16(24)13-28-17-5-6-18-15(10-17)4-8-21(25)23-18/h3-10,16,22,24H,11-13H2,1-2H3,(H,23,25)/t16-/m1/s1. The van der Waals surface area contributed by atoms with Gasteiger partial charge in [0.25, 0.3) is 0 Å². The van der Waals surface area contributed by atoms with Crippen molar-refractivity contribution in [2.45, 2.75) is 12.6 Å². The van der Waals surface area contributed by atoms with Gasteiger partial charge in [0.05, 0.1) is 14.2 Å². The van der Waals surface area contributed by atoms with E-state index >= 15 is 0 Å². The van der Waals surface area contributed by atoms with Gasteiger partial charge in [0.1, 0.15) is 18.5 Å². The van der Waals surface area contributed by atoms with Gasteiger partial charge in [-0.15, -0.1) is 0 Å². The van der Waals surface area contributed by atoms with Crippen LogP contribution in [0.25, 0.3) is 10.9 Å². The summed E-state index contributed by atoms with van der Waals surface area (Å²) in [4.78, 5) is 14.1. The molecule has 0 radical (unpaired) electrons. The zero-order chi connectivity index (χ0) is 19.9. The summed E-state index contributed by atoms with van der Waals surface area (Å²) in [5.41, 5.74) is 1.63. The lowest BCUT2D eigenvalue weighted by Gasteiger charge is -2.14. The second-order valence-electron chi connectivity index (χ2n) is 6.36. The summed E-state index contributed by atoms with van der Waals surface area (Å²) in [6, 6.07) is 14.3. The Kier molecular flexibility index (Phi) is 6.52. The van der Waals surface area contributed by atoms with E-state index in [4.69, 9.17) is 14.2 Å². The Hall–Kier alpha value is -3.03. The van der Waals surface area contributed by atoms with Gasteiger partial charge in [-0.05, 0) is 42.0 Å². The first-order valence-corrected chi connectivity index (χ1v) is 8.94. The molecule has 3 aromatic rings. The van der Waals surface area contributed by atoms with Crippen molar-refractivity contribution in [3.05, 3.63) is 64.4 Å². The van der Waals surface area contributed by atoms with Crippen molar-refractivity contribution in [3.8, 4) is 17.2 Å². The molecular formula is C21H24N2O5. The third-order valence-electron chi connectivity index (χ3n) is 4.29. The number of hydrogen-bond donors (Lipinski definition) is 3. The van der Waals surface area contributed by atoms with E-state index in [9.17, 15) is 9.90 Å². The summed E-state index contributed by atoms with van der Waals surface area (Å²) in [7, 11) is 3.20. The molecule has 0 aliphatic carbocycles. The lowest BCUT2D eigenvalue weighted by atomic mass is 10.2. The summed E-state index contributed by atoms with van der Waals surface area (Å²) in [6.07, 6.45) is -0.661. The van der Waals surface area contributed by atoms with Crippen molar-refractivity contribution in [1.82, 2.24) is 10.3 Å². The Balaban J connectivity index is 1.47. The van der Waals surface area contributed by atoms with Crippen LogP contribution in [0.4, 0.5) is 0 Å². The lowest BCUT2D eigenvalue weighted by molar-refractivity contribution is 0.106. The highest BCUT2D eigenvalue weighted by molar-refractivity contribution is 5.79. The number of pyridine rings is 1. The van der Waals surface area contributed by atoms with Crippen LogP contribution in [0.1, 0.15) is 5.56 Å². The van der Waals surface area contributed by atoms with E-state index in [1.165, 1.54) is 6.07 Å². The molecule has 1 heterocycles. The molecule has 1 aromatic heterocycles. The molecule has 0 unspecified atom stereocenters. The maximum absolute atomic E-state index is 11.3. The van der Waals surface area contributed by atoms with E-state index in [2.05, 4.69) is 10.3 Å². The minimum absolute atomic E-state index is 0.142. The van der Waals surface area contributed by atoms with Crippen molar-refractivity contribution < 1.29 is 19.3 Å². The molecule has 7 heteroatoms. The molecule has 0 fully saturated rings. The summed E-state index contributed by atoms with van der Waals surface area (Å²) in [5, 5.41) is 14.2. The van der Waals surface area contributed by atoms with Gasteiger partial charge in [-0.1, -0.05) is 6.07 Å². The van der Waals surface area contributed by atoms with Crippen LogP contribution in [0.2, 0.25) is 0 Å². The van der Waals surface area contributed by atoms with Crippen molar-refractivity contribution in [1.29, 1.82) is 0 Å². The Morgan fingerprint density at radius 1 is 1.04 bits per heavy atom. The largest absolute Gasteiger partial charge is 0.493 e. The first-order chi connectivity index (χ1) is 13.6. The van der Waals surface area contributed by atoms with Crippen LogP contribution in [0, 0.1) is 0 Å². The molecule has 2 aromatic carbocycles. The average Bonchev–Trinajstić information content (AvgIpc) is 2.72. The highest BCUT2D eigenvalue weighted by Gasteiger charge is 2.08. The van der Waals surface area contributed by atoms with Crippen LogP contribution in [0.15, 0.2) is 53.3 Å². The zero-order valence-electron chi connectivity index (χ0n) is 15.9. The number of ether oxygens (including phenoxy) is 3. The van der Waals surface area contributed by atoms with Crippen LogP contribution in [-0.4, -0.2) is 43.6 Å². The van der Waals surface area contributed by atoms with Crippen molar-refractivity contribution in [3.63, 3.8) is 0 Å². The second kappa shape index (κ2) is 9.25. The van der Waals surface area contributed by atoms with Gasteiger partial charge in [-0.25, -0.2) is 0 Å². The summed E-state index contributed by atoms with van der Waals surface area (Å²) in [6.45, 7) is 1.13. The van der Waals surface area contributed by atoms with Gasteiger partial charge in [-0.3, -0.25) is 4.79 Å². The number of H-pyrrole nitrogens is 1. The molecule has 3 N–H and O–H groups in total. The van der Waals surface area contributed by atoms with E-state index in [0.29, 0.717) is 30.3 Å². The molecule has 0 saturated carbocycles. The number of hydrogen-bond acceptors (Lipinski definition) is 6. The minimum Gasteiger partial charge on any atom is -0.493 e. The lowest BCUT2D eigenvalue weighted by Crippen LogP contribution is -2.31. The van der Waals surface area contributed by atoms with Gasteiger partial charge >= 0.3 is 0 Å². The first-order valence-electron chi connectivity index (χ1n) is 8.94. The molecule has 0 bridgehead atoms. The van der Waals surface area contributed by atoms with E-state index in [1.54, 1.807) is 32.4 Å². The van der Waals surface area contributed by atoms with Crippen LogP contribution in [-0.2, 0) is 6.54 Å². The molecule has 0 aliphatic rings. The quantitative estimate of drug-likeness (QED) is 0.523. The summed E-state index contributed by atoms with van der Waals surface area (Å²) in [5.74, 6) is 1.99. The number of aliphatic hydroxyl groups is 1. The molecule has 7 nitrogen and oxygen atoms in total. The number of rotatable bonds is 9. The van der Waals surface area contributed by atoms with Crippen molar-refractivity contribution in [2.24, 2.45) is 0 Å². The maximum atomic E-state index is 11.3. The maximum Gasteiger partial charge on any atom is 0.248 e. The highest BCUT2D eigenvalue weighted by atomic mass is 16.5. The number of benzene rings is 2. The monoisotopic (exact) mass is 384 g/mol. The molecule has 148 valence electrons. The van der Waals surface area contributed by atoms with Gasteiger partial charge in [0.15, 0.2) is 11.5 Å². The molecule has 0 aliphatic heterocycles. The zero-order valence-corrected chi connectivity index (χ0v) is 15.9. The summed E-state index contributed by atoms with van der Waals surface area (Å²) < 4.78 is 16.2. The fourth-order valence-corrected chi connectivity index (χ4v) is 2.85. The predicted octanol–water partition coefficient (Wildman–Crippen LogP) is 2.07. The number of nitrogens with one attached hydrogen (secondary N) is 2. The Morgan fingerprint density at radius 3 is 2.64 bits per heavy atom. The van der Waals surface area contributed by atoms with Crippen LogP contribution >= 0.6 is 0 Å². The third-order valence-corrected chi connectivity index (χ3v) is 4.29. The van der Waals surface area contributed by atoms with Crippen molar-refractivity contribution in [2.75, 3.05) is 27.4 Å². The topological polar surface area (TPSA) is 92.8 Å². The van der Waals surface area contributed by atoms with E-state index in [1.807, 2.05) is 24.3 Å². The fraction of sp³-hybridized carbons (Fsp3) is 0.286. The molecular weight excluding hydrogens is 360 g/mol. The van der Waals surface area contributed by atoms with E-state index in [-0.39, 0.29) is 12.2 Å². The number of aliphatic hydroxyl groups excluding tert-OH is 1. The van der Waals surface area contributed by atoms with E-state index < -0.39 is 6.10 Å². The van der Waals surface area contributed by atoms with Gasteiger partial charge in [0.2, 0.25) is 5.56 Å². The minimum atomic E-state index is -0.661. The number of aromatic nitrogens is 1. The third kappa shape index (κ3) is 5.03. The molecule has 1 atom stereocenters. The molecule has 28 heavy (non-hydrogen) atoms. The Labute approximate surface area is 162 Å². The highest BCUT2D eigenvalue weighted by Crippen LogP contribution is 2.27. The van der Waals surface area contributed by atoms with Gasteiger partial charge in [0, 0.05) is 30.1 Å².